The van der Waals surface area contributed by atoms with Gasteiger partial charge in [-0.25, -0.2) is 0 Å². The van der Waals surface area contributed by atoms with Crippen LogP contribution in [0.1, 0.15) is 31.4 Å². The van der Waals surface area contributed by atoms with Crippen molar-refractivity contribution in [2.75, 3.05) is 11.4 Å². The number of rotatable bonds is 6. The molecule has 0 fully saturated rings. The van der Waals surface area contributed by atoms with Crippen LogP contribution in [0.5, 0.6) is 0 Å². The van der Waals surface area contributed by atoms with Crippen molar-refractivity contribution in [2.45, 2.75) is 39.2 Å². The Morgan fingerprint density at radius 1 is 1.04 bits per heavy atom. The molecule has 1 atom stereocenters. The van der Waals surface area contributed by atoms with E-state index in [1.807, 2.05) is 67.3 Å². The molecule has 4 heteroatoms. The lowest BCUT2D eigenvalue weighted by molar-refractivity contribution is -0.128. The number of fused-ring (bicyclic) bond motifs is 1. The van der Waals surface area contributed by atoms with Gasteiger partial charge in [0, 0.05) is 18.7 Å². The van der Waals surface area contributed by atoms with Gasteiger partial charge in [-0.05, 0) is 36.0 Å². The number of hydrogen-bond donors (Lipinski definition) is 1. The molecule has 0 unspecified atom stereocenters. The Bertz CT molecular complexity index is 771. The van der Waals surface area contributed by atoms with Crippen LogP contribution in [0.4, 0.5) is 5.69 Å². The first kappa shape index (κ1) is 18.2. The molecule has 0 saturated heterocycles. The van der Waals surface area contributed by atoms with E-state index in [0.29, 0.717) is 19.4 Å². The minimum Gasteiger partial charge on any atom is -0.344 e. The number of aryl methyl sites for hydroxylation is 1. The lowest BCUT2D eigenvalue weighted by atomic mass is 10.0. The molecule has 1 aliphatic heterocycles. The molecule has 0 saturated carbocycles. The fraction of sp³-hybridized carbons (Fsp3) is 0.364. The predicted octanol–water partition coefficient (Wildman–Crippen LogP) is 3.35. The summed E-state index contributed by atoms with van der Waals surface area (Å²) in [5.74, 6) is -0.0534. The number of hydrogen-bond acceptors (Lipinski definition) is 2. The highest BCUT2D eigenvalue weighted by molar-refractivity contribution is 6.00. The molecule has 136 valence electrons. The molecule has 2 aromatic carbocycles. The number of carbonyl (C=O) groups excluding carboxylic acids is 2. The second-order valence-electron chi connectivity index (χ2n) is 7.14. The summed E-state index contributed by atoms with van der Waals surface area (Å²) >= 11 is 0. The maximum Gasteiger partial charge on any atom is 0.249 e. The van der Waals surface area contributed by atoms with E-state index in [-0.39, 0.29) is 17.7 Å². The quantitative estimate of drug-likeness (QED) is 0.868. The first-order valence-electron chi connectivity index (χ1n) is 9.29. The van der Waals surface area contributed by atoms with Crippen molar-refractivity contribution in [1.82, 2.24) is 5.32 Å². The molecule has 2 aromatic rings. The zero-order valence-electron chi connectivity index (χ0n) is 15.4. The van der Waals surface area contributed by atoms with Crippen LogP contribution in [0, 0.1) is 5.92 Å². The molecule has 0 spiro atoms. The molecular weight excluding hydrogens is 324 g/mol. The summed E-state index contributed by atoms with van der Waals surface area (Å²) in [6.07, 6.45) is 1.93. The zero-order chi connectivity index (χ0) is 18.5. The van der Waals surface area contributed by atoms with Crippen molar-refractivity contribution < 1.29 is 9.59 Å². The van der Waals surface area contributed by atoms with Gasteiger partial charge in [0.05, 0.1) is 0 Å². The molecule has 26 heavy (non-hydrogen) atoms. The summed E-state index contributed by atoms with van der Waals surface area (Å²) in [5, 5.41) is 2.96. The summed E-state index contributed by atoms with van der Waals surface area (Å²) in [4.78, 5) is 27.3. The van der Waals surface area contributed by atoms with Crippen LogP contribution in [0.3, 0.4) is 0 Å². The monoisotopic (exact) mass is 350 g/mol. The van der Waals surface area contributed by atoms with Crippen LogP contribution in [0.15, 0.2) is 54.6 Å². The molecule has 3 rings (SSSR count). The zero-order valence-corrected chi connectivity index (χ0v) is 15.4. The summed E-state index contributed by atoms with van der Waals surface area (Å²) in [7, 11) is 0. The first-order chi connectivity index (χ1) is 12.6. The highest BCUT2D eigenvalue weighted by Crippen LogP contribution is 2.28. The fourth-order valence-corrected chi connectivity index (χ4v) is 3.40. The van der Waals surface area contributed by atoms with Gasteiger partial charge in [0.25, 0.3) is 0 Å². The van der Waals surface area contributed by atoms with Gasteiger partial charge in [-0.15, -0.1) is 0 Å². The molecule has 0 aliphatic carbocycles. The van der Waals surface area contributed by atoms with E-state index < -0.39 is 6.04 Å². The number of amides is 2. The third-order valence-corrected chi connectivity index (χ3v) is 4.89. The van der Waals surface area contributed by atoms with Crippen molar-refractivity contribution in [3.05, 3.63) is 65.7 Å². The molecule has 0 aromatic heterocycles. The van der Waals surface area contributed by atoms with Crippen molar-refractivity contribution in [1.29, 1.82) is 0 Å². The van der Waals surface area contributed by atoms with E-state index in [1.54, 1.807) is 0 Å². The summed E-state index contributed by atoms with van der Waals surface area (Å²) in [6, 6.07) is 17.4. The molecule has 0 radical (unpaired) electrons. The Balaban J connectivity index is 1.64. The third-order valence-electron chi connectivity index (χ3n) is 4.89. The van der Waals surface area contributed by atoms with Gasteiger partial charge in [0.1, 0.15) is 6.04 Å². The Morgan fingerprint density at radius 2 is 1.73 bits per heavy atom. The van der Waals surface area contributed by atoms with Crippen LogP contribution < -0.4 is 10.2 Å². The first-order valence-corrected chi connectivity index (χ1v) is 9.29. The van der Waals surface area contributed by atoms with Crippen LogP contribution in [0.25, 0.3) is 0 Å². The van der Waals surface area contributed by atoms with E-state index in [1.165, 1.54) is 5.56 Å². The van der Waals surface area contributed by atoms with Crippen molar-refractivity contribution in [3.8, 4) is 0 Å². The molecule has 1 N–H and O–H groups in total. The average molecular weight is 350 g/mol. The normalized spacial score (nSPS) is 14.2. The maximum atomic E-state index is 13.1. The standard InChI is InChI=1S/C22H26N2O2/c1-16(2)21(23-20(25)13-12-17-8-4-3-5-9-17)22(26)24-15-14-18-10-6-7-11-19(18)24/h3-11,16,21H,12-15H2,1-2H3,(H,23,25)/t21-/m0/s1. The van der Waals surface area contributed by atoms with E-state index in [2.05, 4.69) is 11.4 Å². The van der Waals surface area contributed by atoms with E-state index in [0.717, 1.165) is 17.7 Å². The van der Waals surface area contributed by atoms with Crippen LogP contribution in [-0.2, 0) is 22.4 Å². The number of nitrogens with zero attached hydrogens (tertiary/aromatic N) is 1. The molecule has 4 nitrogen and oxygen atoms in total. The van der Waals surface area contributed by atoms with Gasteiger partial charge < -0.3 is 10.2 Å². The molecule has 1 aliphatic rings. The topological polar surface area (TPSA) is 49.4 Å². The molecular formula is C22H26N2O2. The van der Waals surface area contributed by atoms with Gasteiger partial charge in [0.2, 0.25) is 11.8 Å². The molecule has 0 bridgehead atoms. The molecule has 2 amide bonds. The fourth-order valence-electron chi connectivity index (χ4n) is 3.40. The Labute approximate surface area is 155 Å². The van der Waals surface area contributed by atoms with Gasteiger partial charge in [0.15, 0.2) is 0 Å². The minimum atomic E-state index is -0.496. The van der Waals surface area contributed by atoms with Crippen LogP contribution >= 0.6 is 0 Å². The number of carbonyl (C=O) groups is 2. The van der Waals surface area contributed by atoms with Crippen molar-refractivity contribution >= 4 is 17.5 Å². The number of benzene rings is 2. The average Bonchev–Trinajstić information content (AvgIpc) is 3.08. The number of anilines is 1. The SMILES string of the molecule is CC(C)[C@H](NC(=O)CCc1ccccc1)C(=O)N1CCc2ccccc21. The lowest BCUT2D eigenvalue weighted by Gasteiger charge is -2.27. The van der Waals surface area contributed by atoms with Crippen LogP contribution in [-0.4, -0.2) is 24.4 Å². The molecule has 1 heterocycles. The Morgan fingerprint density at radius 3 is 2.46 bits per heavy atom. The summed E-state index contributed by atoms with van der Waals surface area (Å²) < 4.78 is 0. The third kappa shape index (κ3) is 4.13. The predicted molar refractivity (Wildman–Crippen MR) is 104 cm³/mol. The van der Waals surface area contributed by atoms with Crippen molar-refractivity contribution in [3.63, 3.8) is 0 Å². The summed E-state index contributed by atoms with van der Waals surface area (Å²) in [6.45, 7) is 4.63. The summed E-state index contributed by atoms with van der Waals surface area (Å²) in [5.41, 5.74) is 3.30. The lowest BCUT2D eigenvalue weighted by Crippen LogP contribution is -2.51. The Hall–Kier alpha value is -2.62. The van der Waals surface area contributed by atoms with Gasteiger partial charge in [-0.2, -0.15) is 0 Å². The highest BCUT2D eigenvalue weighted by atomic mass is 16.2. The smallest absolute Gasteiger partial charge is 0.249 e. The highest BCUT2D eigenvalue weighted by Gasteiger charge is 2.32. The van der Waals surface area contributed by atoms with E-state index in [9.17, 15) is 9.59 Å². The second kappa shape index (κ2) is 8.17. The van der Waals surface area contributed by atoms with Gasteiger partial charge >= 0.3 is 0 Å². The number of nitrogens with one attached hydrogen (secondary N) is 1. The van der Waals surface area contributed by atoms with Crippen molar-refractivity contribution in [2.24, 2.45) is 5.92 Å². The Kier molecular flexibility index (Phi) is 5.71. The largest absolute Gasteiger partial charge is 0.344 e. The van der Waals surface area contributed by atoms with Gasteiger partial charge in [-0.1, -0.05) is 62.4 Å². The number of para-hydroxylation sites is 1. The second-order valence-corrected chi connectivity index (χ2v) is 7.14. The van der Waals surface area contributed by atoms with E-state index >= 15 is 0 Å². The minimum absolute atomic E-state index is 0.0157. The van der Waals surface area contributed by atoms with Crippen LogP contribution in [0.2, 0.25) is 0 Å². The maximum absolute atomic E-state index is 13.1. The van der Waals surface area contributed by atoms with E-state index in [4.69, 9.17) is 0 Å². The van der Waals surface area contributed by atoms with Gasteiger partial charge in [-0.3, -0.25) is 9.59 Å².